The molecule has 0 aliphatic rings. The molecule has 1 nitrogen and oxygen atoms in total. The third kappa shape index (κ3) is 16.2. The minimum absolute atomic E-state index is 0.949. The van der Waals surface area contributed by atoms with Crippen LogP contribution in [0, 0.1) is 0 Å². The van der Waals surface area contributed by atoms with Crippen molar-refractivity contribution in [2.75, 3.05) is 19.5 Å². The van der Waals surface area contributed by atoms with Gasteiger partial charge in [-0.3, -0.25) is 0 Å². The smallest absolute Gasteiger partial charge is 0.0819 e. The fourth-order valence-corrected chi connectivity index (χ4v) is 3.32. The summed E-state index contributed by atoms with van der Waals surface area (Å²) < 4.78 is 11.5. The quantitative estimate of drug-likeness (QED) is 0.284. The molecule has 0 radical (unpaired) electrons. The van der Waals surface area contributed by atoms with Crippen molar-refractivity contribution in [3.05, 3.63) is 0 Å². The van der Waals surface area contributed by atoms with Crippen molar-refractivity contribution >= 4 is 7.14 Å². The van der Waals surface area contributed by atoms with Gasteiger partial charge in [0.15, 0.2) is 0 Å². The molecule has 110 valence electrons. The van der Waals surface area contributed by atoms with E-state index in [1.165, 1.54) is 77.0 Å². The average Bonchev–Trinajstić information content (AvgIpc) is 2.29. The summed E-state index contributed by atoms with van der Waals surface area (Å²) in [6.45, 7) is 6.09. The van der Waals surface area contributed by atoms with Crippen LogP contribution in [0.1, 0.15) is 84.0 Å². The van der Waals surface area contributed by atoms with Crippen molar-refractivity contribution in [3.8, 4) is 0 Å². The molecule has 0 saturated heterocycles. The highest BCUT2D eigenvalue weighted by Crippen LogP contribution is 2.36. The minimum atomic E-state index is -1.75. The molecule has 0 aromatic heterocycles. The Morgan fingerprint density at radius 3 is 1.28 bits per heavy atom. The summed E-state index contributed by atoms with van der Waals surface area (Å²) in [5, 5.41) is 0. The maximum Gasteiger partial charge on any atom is 0.0819 e. The number of hydrogen-bond acceptors (Lipinski definition) is 1. The highest BCUT2D eigenvalue weighted by atomic mass is 31.2. The lowest BCUT2D eigenvalue weighted by Gasteiger charge is -2.06. The van der Waals surface area contributed by atoms with Crippen LogP contribution in [0.5, 0.6) is 0 Å². The molecule has 0 N–H and O–H groups in total. The fourth-order valence-electron chi connectivity index (χ4n) is 2.33. The van der Waals surface area contributed by atoms with E-state index in [4.69, 9.17) is 0 Å². The third-order valence-electron chi connectivity index (χ3n) is 3.55. The van der Waals surface area contributed by atoms with Gasteiger partial charge in [-0.25, -0.2) is 0 Å². The fraction of sp³-hybridized carbons (Fsp3) is 1.00. The molecule has 0 aliphatic carbocycles. The van der Waals surface area contributed by atoms with Gasteiger partial charge in [0.2, 0.25) is 0 Å². The topological polar surface area (TPSA) is 17.1 Å². The zero-order valence-corrected chi connectivity index (χ0v) is 13.9. The second-order valence-electron chi connectivity index (χ2n) is 6.19. The van der Waals surface area contributed by atoms with Crippen LogP contribution in [0.4, 0.5) is 0 Å². The van der Waals surface area contributed by atoms with E-state index < -0.39 is 7.14 Å². The van der Waals surface area contributed by atoms with Gasteiger partial charge in [0.05, 0.1) is 7.14 Å². The summed E-state index contributed by atoms with van der Waals surface area (Å²) in [6, 6.07) is 0. The standard InChI is InChI=1S/C16H35OP/c1-4-5-6-7-8-9-10-11-12-13-14-15-16-18(2,3)17/h4-16H2,1-3H3. The Hall–Kier alpha value is 0.230. The Morgan fingerprint density at radius 2 is 0.944 bits per heavy atom. The molecule has 0 fully saturated rings. The zero-order chi connectivity index (χ0) is 13.7. The maximum atomic E-state index is 11.5. The normalized spacial score (nSPS) is 11.9. The summed E-state index contributed by atoms with van der Waals surface area (Å²) in [6.07, 6.45) is 17.5. The van der Waals surface area contributed by atoms with Gasteiger partial charge in [0.1, 0.15) is 0 Å². The van der Waals surface area contributed by atoms with E-state index >= 15 is 0 Å². The lowest BCUT2D eigenvalue weighted by atomic mass is 10.1. The first-order valence-corrected chi connectivity index (χ1v) is 10.9. The molecule has 0 heterocycles. The van der Waals surface area contributed by atoms with Gasteiger partial charge in [-0.15, -0.1) is 0 Å². The maximum absolute atomic E-state index is 11.5. The highest BCUT2D eigenvalue weighted by Gasteiger charge is 2.05. The van der Waals surface area contributed by atoms with Crippen LogP contribution >= 0.6 is 7.14 Å². The molecule has 0 unspecified atom stereocenters. The van der Waals surface area contributed by atoms with Gasteiger partial charge < -0.3 is 4.57 Å². The molecule has 2 heteroatoms. The lowest BCUT2D eigenvalue weighted by molar-refractivity contribution is 0.546. The van der Waals surface area contributed by atoms with Crippen molar-refractivity contribution in [2.24, 2.45) is 0 Å². The third-order valence-corrected chi connectivity index (χ3v) is 4.94. The van der Waals surface area contributed by atoms with Gasteiger partial charge in [-0.2, -0.15) is 0 Å². The van der Waals surface area contributed by atoms with Crippen LogP contribution in [-0.2, 0) is 4.57 Å². The van der Waals surface area contributed by atoms with Gasteiger partial charge in [0, 0.05) is 6.16 Å². The first-order chi connectivity index (χ1) is 8.56. The molecule has 0 aliphatic heterocycles. The Labute approximate surface area is 116 Å². The van der Waals surface area contributed by atoms with E-state index in [1.54, 1.807) is 0 Å². The van der Waals surface area contributed by atoms with E-state index in [9.17, 15) is 4.57 Å². The second kappa shape index (κ2) is 12.3. The van der Waals surface area contributed by atoms with Crippen LogP contribution in [-0.4, -0.2) is 19.5 Å². The van der Waals surface area contributed by atoms with E-state index in [2.05, 4.69) is 6.92 Å². The highest BCUT2D eigenvalue weighted by molar-refractivity contribution is 7.62. The Bertz CT molecular complexity index is 207. The molecular formula is C16H35OP. The Balaban J connectivity index is 3.01. The summed E-state index contributed by atoms with van der Waals surface area (Å²) in [7, 11) is -1.75. The number of unbranched alkanes of at least 4 members (excludes halogenated alkanes) is 11. The van der Waals surface area contributed by atoms with E-state index in [1.807, 2.05) is 13.3 Å². The molecule has 0 bridgehead atoms. The van der Waals surface area contributed by atoms with Crippen LogP contribution in [0.25, 0.3) is 0 Å². The molecule has 0 saturated carbocycles. The van der Waals surface area contributed by atoms with Crippen molar-refractivity contribution in [3.63, 3.8) is 0 Å². The number of rotatable bonds is 13. The van der Waals surface area contributed by atoms with Gasteiger partial charge >= 0.3 is 0 Å². The monoisotopic (exact) mass is 274 g/mol. The lowest BCUT2D eigenvalue weighted by Crippen LogP contribution is -1.87. The largest absolute Gasteiger partial charge is 0.324 e. The molecule has 0 atom stereocenters. The van der Waals surface area contributed by atoms with Crippen molar-refractivity contribution in [2.45, 2.75) is 84.0 Å². The molecule has 0 aromatic rings. The summed E-state index contributed by atoms with van der Waals surface area (Å²) in [5.74, 6) is 0. The summed E-state index contributed by atoms with van der Waals surface area (Å²) in [4.78, 5) is 0. The van der Waals surface area contributed by atoms with Crippen molar-refractivity contribution in [1.29, 1.82) is 0 Å². The first-order valence-electron chi connectivity index (χ1n) is 8.10. The predicted octanol–water partition coefficient (Wildman–Crippen LogP) is 6.31. The van der Waals surface area contributed by atoms with Crippen LogP contribution in [0.15, 0.2) is 0 Å². The first kappa shape index (κ1) is 18.2. The van der Waals surface area contributed by atoms with Gasteiger partial charge in [-0.1, -0.05) is 77.6 Å². The predicted molar refractivity (Wildman–Crippen MR) is 85.4 cm³/mol. The van der Waals surface area contributed by atoms with Gasteiger partial charge in [-0.05, 0) is 19.8 Å². The molecule has 0 aromatic carbocycles. The van der Waals surface area contributed by atoms with Crippen LogP contribution in [0.3, 0.4) is 0 Å². The van der Waals surface area contributed by atoms with E-state index in [0.29, 0.717) is 0 Å². The van der Waals surface area contributed by atoms with Crippen LogP contribution in [0.2, 0.25) is 0 Å². The zero-order valence-electron chi connectivity index (χ0n) is 13.0. The summed E-state index contributed by atoms with van der Waals surface area (Å²) in [5.41, 5.74) is 0. The van der Waals surface area contributed by atoms with Gasteiger partial charge in [0.25, 0.3) is 0 Å². The molecule has 18 heavy (non-hydrogen) atoms. The van der Waals surface area contributed by atoms with Crippen molar-refractivity contribution in [1.82, 2.24) is 0 Å². The average molecular weight is 274 g/mol. The molecule has 0 spiro atoms. The Kier molecular flexibility index (Phi) is 12.4. The van der Waals surface area contributed by atoms with E-state index in [0.717, 1.165) is 6.16 Å². The molecule has 0 rings (SSSR count). The van der Waals surface area contributed by atoms with Crippen LogP contribution < -0.4 is 0 Å². The van der Waals surface area contributed by atoms with E-state index in [-0.39, 0.29) is 0 Å². The Morgan fingerprint density at radius 1 is 0.611 bits per heavy atom. The molecule has 0 amide bonds. The molecular weight excluding hydrogens is 239 g/mol. The van der Waals surface area contributed by atoms with Crippen molar-refractivity contribution < 1.29 is 4.57 Å². The minimum Gasteiger partial charge on any atom is -0.324 e. The number of hydrogen-bond donors (Lipinski definition) is 0. The summed E-state index contributed by atoms with van der Waals surface area (Å²) >= 11 is 0. The SMILES string of the molecule is CCCCCCCCCCCCCCP(C)(C)=O. The second-order valence-corrected chi connectivity index (χ2v) is 9.78.